The van der Waals surface area contributed by atoms with E-state index in [1.807, 2.05) is 0 Å². The Labute approximate surface area is 129 Å². The molecule has 2 aromatic rings. The molecule has 20 heavy (non-hydrogen) atoms. The second-order valence-corrected chi connectivity index (χ2v) is 5.45. The second kappa shape index (κ2) is 6.33. The predicted octanol–water partition coefficient (Wildman–Crippen LogP) is 4.57. The Hall–Kier alpha value is -1.46. The number of phenols is 1. The molecule has 0 saturated carbocycles. The quantitative estimate of drug-likeness (QED) is 0.839. The molecule has 0 amide bonds. The summed E-state index contributed by atoms with van der Waals surface area (Å²) in [5, 5.41) is 13.3. The highest BCUT2D eigenvalue weighted by Crippen LogP contribution is 2.34. The molecule has 0 spiro atoms. The number of benzene rings is 2. The molecule has 2 N–H and O–H groups in total. The molecule has 2 aromatic carbocycles. The van der Waals surface area contributed by atoms with E-state index >= 15 is 0 Å². The van der Waals surface area contributed by atoms with Crippen molar-refractivity contribution in [1.82, 2.24) is 0 Å². The van der Waals surface area contributed by atoms with E-state index in [0.717, 1.165) is 0 Å². The van der Waals surface area contributed by atoms with Crippen molar-refractivity contribution < 1.29 is 14.2 Å². The topological polar surface area (TPSA) is 41.5 Å². The van der Waals surface area contributed by atoms with Crippen molar-refractivity contribution in [1.29, 1.82) is 0 Å². The molecule has 0 heterocycles. The van der Waals surface area contributed by atoms with Gasteiger partial charge in [-0.1, -0.05) is 27.5 Å². The van der Waals surface area contributed by atoms with Crippen LogP contribution in [0.4, 0.5) is 10.1 Å². The Kier molecular flexibility index (Phi) is 4.73. The van der Waals surface area contributed by atoms with Crippen molar-refractivity contribution in [2.75, 3.05) is 12.4 Å². The van der Waals surface area contributed by atoms with Crippen molar-refractivity contribution in [2.24, 2.45) is 0 Å². The van der Waals surface area contributed by atoms with Gasteiger partial charge in [-0.3, -0.25) is 0 Å². The van der Waals surface area contributed by atoms with Crippen LogP contribution in [0.1, 0.15) is 5.56 Å². The van der Waals surface area contributed by atoms with E-state index in [0.29, 0.717) is 20.7 Å². The molecule has 0 aliphatic carbocycles. The van der Waals surface area contributed by atoms with Gasteiger partial charge >= 0.3 is 0 Å². The lowest BCUT2D eigenvalue weighted by Gasteiger charge is -2.12. The van der Waals surface area contributed by atoms with Gasteiger partial charge in [-0.25, -0.2) is 4.39 Å². The fraction of sp³-hybridized carbons (Fsp3) is 0.143. The predicted molar refractivity (Wildman–Crippen MR) is 81.1 cm³/mol. The van der Waals surface area contributed by atoms with Gasteiger partial charge in [0.2, 0.25) is 0 Å². The number of anilines is 1. The fourth-order valence-electron chi connectivity index (χ4n) is 1.74. The Morgan fingerprint density at radius 3 is 2.75 bits per heavy atom. The van der Waals surface area contributed by atoms with E-state index in [-0.39, 0.29) is 23.9 Å². The average Bonchev–Trinajstić information content (AvgIpc) is 2.41. The number of aromatic hydroxyl groups is 1. The number of nitrogens with one attached hydrogen (secondary N) is 1. The van der Waals surface area contributed by atoms with Gasteiger partial charge in [0.25, 0.3) is 0 Å². The van der Waals surface area contributed by atoms with Crippen LogP contribution in [0.3, 0.4) is 0 Å². The maximum absolute atomic E-state index is 13.7. The third-order valence-electron chi connectivity index (χ3n) is 2.74. The Balaban J connectivity index is 2.20. The van der Waals surface area contributed by atoms with Crippen LogP contribution in [-0.2, 0) is 6.54 Å². The lowest BCUT2D eigenvalue weighted by atomic mass is 10.1. The maximum atomic E-state index is 13.7. The van der Waals surface area contributed by atoms with Gasteiger partial charge in [0.1, 0.15) is 5.82 Å². The largest absolute Gasteiger partial charge is 0.504 e. The number of halogens is 3. The number of ether oxygens (including phenoxy) is 1. The second-order valence-electron chi connectivity index (χ2n) is 4.09. The first-order valence-corrected chi connectivity index (χ1v) is 6.92. The van der Waals surface area contributed by atoms with Crippen LogP contribution >= 0.6 is 27.5 Å². The summed E-state index contributed by atoms with van der Waals surface area (Å²) in [7, 11) is 1.44. The molecule has 6 heteroatoms. The van der Waals surface area contributed by atoms with Crippen LogP contribution in [-0.4, -0.2) is 12.2 Å². The lowest BCUT2D eigenvalue weighted by molar-refractivity contribution is 0.371. The smallest absolute Gasteiger partial charge is 0.162 e. The summed E-state index contributed by atoms with van der Waals surface area (Å²) in [6, 6.07) is 7.81. The highest BCUT2D eigenvalue weighted by molar-refractivity contribution is 9.10. The first-order chi connectivity index (χ1) is 9.51. The Morgan fingerprint density at radius 1 is 1.35 bits per heavy atom. The third-order valence-corrected chi connectivity index (χ3v) is 3.45. The lowest BCUT2D eigenvalue weighted by Crippen LogP contribution is -2.02. The van der Waals surface area contributed by atoms with E-state index in [1.165, 1.54) is 19.2 Å². The van der Waals surface area contributed by atoms with Crippen molar-refractivity contribution in [3.05, 3.63) is 51.2 Å². The monoisotopic (exact) mass is 359 g/mol. The highest BCUT2D eigenvalue weighted by atomic mass is 79.9. The molecule has 2 rings (SSSR count). The van der Waals surface area contributed by atoms with Crippen LogP contribution in [0.2, 0.25) is 5.02 Å². The molecule has 0 bridgehead atoms. The van der Waals surface area contributed by atoms with Crippen LogP contribution in [0.15, 0.2) is 34.8 Å². The van der Waals surface area contributed by atoms with Crippen molar-refractivity contribution >= 4 is 33.2 Å². The number of hydrogen-bond donors (Lipinski definition) is 2. The fourth-order valence-corrected chi connectivity index (χ4v) is 2.31. The molecular formula is C14H12BrClFNO2. The number of phenolic OH excluding ortho intramolecular Hbond substituents is 1. The summed E-state index contributed by atoms with van der Waals surface area (Å²) in [5.41, 5.74) is 0.864. The minimum atomic E-state index is -0.382. The van der Waals surface area contributed by atoms with E-state index in [9.17, 15) is 9.50 Å². The molecule has 3 nitrogen and oxygen atoms in total. The summed E-state index contributed by atoms with van der Waals surface area (Å²) in [4.78, 5) is 0. The van der Waals surface area contributed by atoms with Gasteiger partial charge in [0.15, 0.2) is 11.5 Å². The Bertz CT molecular complexity index is 637. The van der Waals surface area contributed by atoms with Crippen LogP contribution < -0.4 is 10.1 Å². The van der Waals surface area contributed by atoms with Gasteiger partial charge in [-0.15, -0.1) is 0 Å². The molecule has 106 valence electrons. The summed E-state index contributed by atoms with van der Waals surface area (Å²) in [6.45, 7) is 0.224. The Morgan fingerprint density at radius 2 is 2.10 bits per heavy atom. The summed E-state index contributed by atoms with van der Waals surface area (Å²) >= 11 is 9.13. The number of hydrogen-bond acceptors (Lipinski definition) is 3. The first-order valence-electron chi connectivity index (χ1n) is 5.75. The molecule has 0 atom stereocenters. The minimum Gasteiger partial charge on any atom is -0.504 e. The molecule has 0 unspecified atom stereocenters. The number of methoxy groups -OCH3 is 1. The highest BCUT2D eigenvalue weighted by Gasteiger charge is 2.11. The van der Waals surface area contributed by atoms with E-state index < -0.39 is 0 Å². The van der Waals surface area contributed by atoms with E-state index in [2.05, 4.69) is 21.2 Å². The molecule has 0 fully saturated rings. The molecule has 0 aliphatic heterocycles. The third kappa shape index (κ3) is 3.35. The van der Waals surface area contributed by atoms with E-state index in [1.54, 1.807) is 18.2 Å². The van der Waals surface area contributed by atoms with Crippen molar-refractivity contribution in [2.45, 2.75) is 6.54 Å². The molecular weight excluding hydrogens is 349 g/mol. The summed E-state index contributed by atoms with van der Waals surface area (Å²) in [5.74, 6) is -0.111. The normalized spacial score (nSPS) is 10.4. The van der Waals surface area contributed by atoms with Gasteiger partial charge in [-0.05, 0) is 24.3 Å². The van der Waals surface area contributed by atoms with Crippen LogP contribution in [0.25, 0.3) is 0 Å². The summed E-state index contributed by atoms with van der Waals surface area (Å²) in [6.07, 6.45) is 0. The maximum Gasteiger partial charge on any atom is 0.162 e. The average molecular weight is 361 g/mol. The van der Waals surface area contributed by atoms with Gasteiger partial charge in [0, 0.05) is 27.7 Å². The standard InChI is InChI=1S/C14H12BrClFNO2/c1-20-13-6-10(16)4-8(14(13)19)7-18-12-3-2-9(15)5-11(12)17/h2-6,18-19H,7H2,1H3. The first kappa shape index (κ1) is 14.9. The minimum absolute atomic E-state index is 0.0121. The van der Waals surface area contributed by atoms with Crippen LogP contribution in [0.5, 0.6) is 11.5 Å². The molecule has 0 aromatic heterocycles. The zero-order valence-electron chi connectivity index (χ0n) is 10.6. The van der Waals surface area contributed by atoms with Crippen molar-refractivity contribution in [3.8, 4) is 11.5 Å². The summed E-state index contributed by atoms with van der Waals surface area (Å²) < 4.78 is 19.3. The zero-order valence-corrected chi connectivity index (χ0v) is 12.9. The van der Waals surface area contributed by atoms with Gasteiger partial charge in [0.05, 0.1) is 12.8 Å². The van der Waals surface area contributed by atoms with Crippen molar-refractivity contribution in [3.63, 3.8) is 0 Å². The van der Waals surface area contributed by atoms with Crippen LogP contribution in [0, 0.1) is 5.82 Å². The van der Waals surface area contributed by atoms with Gasteiger partial charge in [-0.2, -0.15) is 0 Å². The number of rotatable bonds is 4. The molecule has 0 saturated heterocycles. The van der Waals surface area contributed by atoms with Gasteiger partial charge < -0.3 is 15.2 Å². The zero-order chi connectivity index (χ0) is 14.7. The SMILES string of the molecule is COc1cc(Cl)cc(CNc2ccc(Br)cc2F)c1O. The molecule has 0 aliphatic rings. The van der Waals surface area contributed by atoms with E-state index in [4.69, 9.17) is 16.3 Å². The molecule has 0 radical (unpaired) electrons.